The van der Waals surface area contributed by atoms with Crippen molar-refractivity contribution < 1.29 is 19.2 Å². The molecule has 6 nitrogen and oxygen atoms in total. The molecule has 46 heavy (non-hydrogen) atoms. The fourth-order valence-electron chi connectivity index (χ4n) is 7.29. The molecule has 0 radical (unpaired) electrons. The fourth-order valence-corrected chi connectivity index (χ4v) is 7.90. The predicted molar refractivity (Wildman–Crippen MR) is 179 cm³/mol. The maximum absolute atomic E-state index is 13.9. The largest absolute Gasteiger partial charge is 0.270 e. The highest BCUT2D eigenvalue weighted by Crippen LogP contribution is 2.50. The number of carbonyl (C=O) groups excluding carboxylic acids is 4. The van der Waals surface area contributed by atoms with Gasteiger partial charge in [-0.25, -0.2) is 0 Å². The smallest absolute Gasteiger partial charge is 0.261 e. The molecule has 7 aromatic carbocycles. The van der Waals surface area contributed by atoms with Gasteiger partial charge in [-0.2, -0.15) is 0 Å². The van der Waals surface area contributed by atoms with Crippen molar-refractivity contribution in [2.45, 2.75) is 13.1 Å². The van der Waals surface area contributed by atoms with Gasteiger partial charge in [-0.15, -0.1) is 0 Å². The Kier molecular flexibility index (Phi) is 5.64. The van der Waals surface area contributed by atoms with Crippen molar-refractivity contribution >= 4 is 89.9 Å². The lowest BCUT2D eigenvalue weighted by Gasteiger charge is -2.31. The maximum atomic E-state index is 13.9. The number of halogens is 2. The third-order valence-corrected chi connectivity index (χ3v) is 9.87. The summed E-state index contributed by atoms with van der Waals surface area (Å²) in [7, 11) is 0. The van der Waals surface area contributed by atoms with Crippen LogP contribution in [-0.2, 0) is 13.1 Å². The molecule has 8 heteroatoms. The molecule has 0 atom stereocenters. The Labute approximate surface area is 271 Å². The van der Waals surface area contributed by atoms with Crippen molar-refractivity contribution in [2.75, 3.05) is 0 Å². The Morgan fingerprint density at radius 2 is 0.804 bits per heavy atom. The van der Waals surface area contributed by atoms with E-state index in [-0.39, 0.29) is 24.9 Å². The molecule has 0 saturated carbocycles. The lowest BCUT2D eigenvalue weighted by Crippen LogP contribution is -2.40. The number of hydrogen-bond donors (Lipinski definition) is 0. The van der Waals surface area contributed by atoms with Crippen molar-refractivity contribution in [1.82, 2.24) is 9.80 Å². The lowest BCUT2D eigenvalue weighted by molar-refractivity contribution is 0.0583. The van der Waals surface area contributed by atoms with Crippen LogP contribution in [0.5, 0.6) is 0 Å². The van der Waals surface area contributed by atoms with Gasteiger partial charge < -0.3 is 0 Å². The summed E-state index contributed by atoms with van der Waals surface area (Å²) in [5.41, 5.74) is 3.13. The second-order valence-electron chi connectivity index (χ2n) is 11.7. The minimum absolute atomic E-state index is 0.106. The highest BCUT2D eigenvalue weighted by atomic mass is 35.5. The minimum atomic E-state index is -0.436. The number of carbonyl (C=O) groups is 4. The van der Waals surface area contributed by atoms with Crippen molar-refractivity contribution in [3.05, 3.63) is 140 Å². The first kappa shape index (κ1) is 27.0. The summed E-state index contributed by atoms with van der Waals surface area (Å²) in [4.78, 5) is 58.1. The third-order valence-electron chi connectivity index (χ3n) is 9.28. The van der Waals surface area contributed by atoms with E-state index in [1.165, 1.54) is 9.80 Å². The molecule has 0 unspecified atom stereocenters. The van der Waals surface area contributed by atoms with Crippen LogP contribution in [0.15, 0.2) is 97.1 Å². The molecule has 0 spiro atoms. The minimum Gasteiger partial charge on any atom is -0.270 e. The summed E-state index contributed by atoms with van der Waals surface area (Å²) >= 11 is 14.1. The van der Waals surface area contributed by atoms with Gasteiger partial charge in [-0.05, 0) is 51.6 Å². The van der Waals surface area contributed by atoms with Crippen LogP contribution in [0.3, 0.4) is 0 Å². The second-order valence-corrected chi connectivity index (χ2v) is 12.6. The summed E-state index contributed by atoms with van der Waals surface area (Å²) in [6.45, 7) is 0.257. The van der Waals surface area contributed by atoms with Gasteiger partial charge in [0, 0.05) is 48.1 Å². The first-order chi connectivity index (χ1) is 22.3. The molecule has 0 fully saturated rings. The van der Waals surface area contributed by atoms with Crippen molar-refractivity contribution in [1.29, 1.82) is 0 Å². The summed E-state index contributed by atoms with van der Waals surface area (Å²) in [6.07, 6.45) is 0. The van der Waals surface area contributed by atoms with Crippen LogP contribution in [-0.4, -0.2) is 33.4 Å². The van der Waals surface area contributed by atoms with Gasteiger partial charge >= 0.3 is 0 Å². The zero-order valence-electron chi connectivity index (χ0n) is 23.9. The van der Waals surface area contributed by atoms with Gasteiger partial charge in [-0.3, -0.25) is 29.0 Å². The Balaban J connectivity index is 1.31. The molecule has 220 valence electrons. The van der Waals surface area contributed by atoms with E-state index in [1.54, 1.807) is 24.3 Å². The van der Waals surface area contributed by atoms with E-state index < -0.39 is 11.8 Å². The van der Waals surface area contributed by atoms with Crippen LogP contribution in [0.4, 0.5) is 0 Å². The summed E-state index contributed by atoms with van der Waals surface area (Å²) in [5, 5.41) is 5.59. The molecule has 0 N–H and O–H groups in total. The van der Waals surface area contributed by atoms with Crippen LogP contribution in [0.2, 0.25) is 10.0 Å². The first-order valence-corrected chi connectivity index (χ1v) is 15.5. The van der Waals surface area contributed by atoms with Crippen molar-refractivity contribution in [3.63, 3.8) is 0 Å². The van der Waals surface area contributed by atoms with Crippen LogP contribution < -0.4 is 0 Å². The molecule has 4 amide bonds. The molecular weight excluding hydrogens is 619 g/mol. The number of amides is 4. The van der Waals surface area contributed by atoms with Gasteiger partial charge in [0.25, 0.3) is 23.6 Å². The van der Waals surface area contributed by atoms with E-state index in [2.05, 4.69) is 0 Å². The van der Waals surface area contributed by atoms with Gasteiger partial charge in [0.1, 0.15) is 0 Å². The average Bonchev–Trinajstić information content (AvgIpc) is 3.07. The van der Waals surface area contributed by atoms with E-state index in [1.807, 2.05) is 72.8 Å². The molecule has 9 rings (SSSR count). The Morgan fingerprint density at radius 1 is 0.413 bits per heavy atom. The Hall–Kier alpha value is -5.30. The van der Waals surface area contributed by atoms with E-state index in [0.717, 1.165) is 11.1 Å². The monoisotopic (exact) mass is 638 g/mol. The fraction of sp³-hybridized carbons (Fsp3) is 0.0526. The first-order valence-electron chi connectivity index (χ1n) is 14.7. The molecule has 0 bridgehead atoms. The van der Waals surface area contributed by atoms with Gasteiger partial charge in [-0.1, -0.05) is 96.0 Å². The molecule has 0 aliphatic carbocycles. The average molecular weight is 639 g/mol. The standard InChI is InChI=1S/C38H20Cl2N2O4/c39-27-15-25-31-26(38(46)42(37(25)45)18-20-9-5-2-6-10-20)16-28(40)33-22-12-14-24-30-23(13-11-21(29(22)30)32(27)34(31)33)35(43)41(36(24)44)17-19-7-3-1-4-8-19/h1-16H,17-18H2. The van der Waals surface area contributed by atoms with E-state index in [0.29, 0.717) is 75.4 Å². The van der Waals surface area contributed by atoms with Crippen LogP contribution >= 0.6 is 23.2 Å². The number of fused-ring (bicyclic) bond motifs is 2. The summed E-state index contributed by atoms with van der Waals surface area (Å²) in [5.74, 6) is -1.64. The molecule has 7 aromatic rings. The van der Waals surface area contributed by atoms with E-state index >= 15 is 0 Å². The van der Waals surface area contributed by atoms with Crippen molar-refractivity contribution in [3.8, 4) is 0 Å². The summed E-state index contributed by atoms with van der Waals surface area (Å²) < 4.78 is 0. The van der Waals surface area contributed by atoms with E-state index in [4.69, 9.17) is 23.2 Å². The molecule has 2 aliphatic heterocycles. The van der Waals surface area contributed by atoms with Gasteiger partial charge in [0.15, 0.2) is 0 Å². The lowest BCUT2D eigenvalue weighted by atomic mass is 9.82. The number of nitrogens with zero attached hydrogens (tertiary/aromatic N) is 2. The number of rotatable bonds is 4. The zero-order chi connectivity index (χ0) is 31.4. The molecule has 2 heterocycles. The van der Waals surface area contributed by atoms with Gasteiger partial charge in [0.2, 0.25) is 0 Å². The topological polar surface area (TPSA) is 74.8 Å². The Bertz CT molecular complexity index is 2400. The zero-order valence-corrected chi connectivity index (χ0v) is 25.4. The predicted octanol–water partition coefficient (Wildman–Crippen LogP) is 8.64. The number of hydrogen-bond acceptors (Lipinski definition) is 4. The SMILES string of the molecule is O=C1c2ccc3c4c(Cl)cc5c6c(cc(Cl)c(c7ccc(c2c37)C(=O)N1Cc1ccccc1)c64)C(=O)N(Cc1ccccc1)C5=O. The number of benzene rings is 7. The van der Waals surface area contributed by atoms with Gasteiger partial charge in [0.05, 0.1) is 24.2 Å². The second kappa shape index (κ2) is 9.60. The normalized spacial score (nSPS) is 14.6. The summed E-state index contributed by atoms with van der Waals surface area (Å²) in [6, 6.07) is 29.1. The highest BCUT2D eigenvalue weighted by molar-refractivity contribution is 6.51. The van der Waals surface area contributed by atoms with Crippen LogP contribution in [0.25, 0.3) is 43.1 Å². The quantitative estimate of drug-likeness (QED) is 0.110. The third kappa shape index (κ3) is 3.54. The molecule has 2 aliphatic rings. The molecular formula is C38H20Cl2N2O4. The van der Waals surface area contributed by atoms with Crippen LogP contribution in [0, 0.1) is 0 Å². The number of imide groups is 2. The maximum Gasteiger partial charge on any atom is 0.261 e. The molecule has 0 saturated heterocycles. The Morgan fingerprint density at radius 3 is 1.24 bits per heavy atom. The van der Waals surface area contributed by atoms with E-state index in [9.17, 15) is 19.2 Å². The molecule has 0 aromatic heterocycles. The highest BCUT2D eigenvalue weighted by Gasteiger charge is 2.38. The van der Waals surface area contributed by atoms with Crippen molar-refractivity contribution in [2.24, 2.45) is 0 Å². The van der Waals surface area contributed by atoms with Crippen LogP contribution in [0.1, 0.15) is 52.6 Å².